The number of carbonyl (C=O) groups excluding carboxylic acids is 16. The highest BCUT2D eigenvalue weighted by atomic mass is 16.2. The number of ketones is 16. The van der Waals surface area contributed by atoms with E-state index < -0.39 is 0 Å². The summed E-state index contributed by atoms with van der Waals surface area (Å²) in [7, 11) is 0. The van der Waals surface area contributed by atoms with Crippen LogP contribution in [0.2, 0.25) is 0 Å². The van der Waals surface area contributed by atoms with Crippen LogP contribution in [-0.4, -0.2) is 92.5 Å². The van der Waals surface area contributed by atoms with Crippen LogP contribution in [0.15, 0.2) is 286 Å². The highest BCUT2D eigenvalue weighted by Gasteiger charge is 2.56. The number of hydrogen-bond donors (Lipinski definition) is 0. The molecule has 0 fully saturated rings. The van der Waals surface area contributed by atoms with Gasteiger partial charge in [-0.3, -0.25) is 76.7 Å². The Balaban J connectivity index is 0.000000110. The molecule has 0 unspecified atom stereocenters. The van der Waals surface area contributed by atoms with Crippen molar-refractivity contribution in [2.24, 2.45) is 195 Å². The number of Topliss-reactive ketones (excluding diaryl/α,β-unsaturated/α-hetero) is 6. The molecule has 0 aromatic carbocycles. The van der Waals surface area contributed by atoms with Crippen molar-refractivity contribution in [3.8, 4) is 0 Å². The fourth-order valence-electron chi connectivity index (χ4n) is 28.5. The maximum absolute atomic E-state index is 12.5. The van der Waals surface area contributed by atoms with Crippen LogP contribution in [0.5, 0.6) is 0 Å². The van der Waals surface area contributed by atoms with Gasteiger partial charge in [0.05, 0.1) is 0 Å². The first-order chi connectivity index (χ1) is 67.0. The van der Waals surface area contributed by atoms with Gasteiger partial charge in [0, 0.05) is 94.7 Å². The van der Waals surface area contributed by atoms with Crippen LogP contribution in [-0.2, 0) is 76.7 Å². The van der Waals surface area contributed by atoms with Crippen molar-refractivity contribution in [3.05, 3.63) is 286 Å². The van der Waals surface area contributed by atoms with E-state index in [1.54, 1.807) is 60.8 Å². The third-order valence-electron chi connectivity index (χ3n) is 35.8. The Morgan fingerprint density at radius 3 is 0.693 bits per heavy atom. The van der Waals surface area contributed by atoms with Crippen molar-refractivity contribution >= 4 is 92.5 Å². The Morgan fingerprint density at radius 1 is 0.193 bits per heavy atom. The third kappa shape index (κ3) is 19.8. The molecule has 140 heavy (non-hydrogen) atoms. The SMILES string of the molecule is CC1=CC(=O)[C@@H]2[C@H]3C(=O)C=C(C)C[C@@H]3C=C[C@H]2C1.CC1=CC(=O)[C@@H]2[C@H]3C(=O)C=CC[C@@H]3C=C[C@H]2C1.CC1=CC[C@@H]2C(C)=C[C@@H]3[C@H](C(=O)C=C[C@H]3C)[C@H]2C1=O.CC1=CC[C@H]2C=C(C)[C@@H]3CC=C(C)C(=O)[C@H]3[C@@H]2C1=O.CC1=CC[C@H]2C=C[C@@H]3CC=C(C)C(=O)[C@H]3[C@@H]2C1=O.CC1=CC[C@H]2C=C[C@@H]3CC=CC(=O)[C@H]3[C@@H]2C1=O.O=C1C=CC[C@H]2C=C[C@@H]3CC=CC(=O)[C@H]3[C@@H]12.O=C1C=CC[C@H]2C=C[C@@H]3CC=CC(=O)[C@H]3[C@H]12. The minimum atomic E-state index is -0.134. The fraction of sp³-hybridized carbons (Fsp3) is 0.484. The van der Waals surface area contributed by atoms with E-state index >= 15 is 0 Å². The van der Waals surface area contributed by atoms with E-state index in [1.165, 1.54) is 11.1 Å². The molecule has 0 N–H and O–H groups in total. The smallest absolute Gasteiger partial charge is 0.162 e. The fourth-order valence-corrected chi connectivity index (χ4v) is 28.5. The molecule has 0 heterocycles. The molecule has 0 aliphatic heterocycles. The van der Waals surface area contributed by atoms with Gasteiger partial charge in [0.1, 0.15) is 0 Å². The van der Waals surface area contributed by atoms with E-state index in [0.29, 0.717) is 5.92 Å². The summed E-state index contributed by atoms with van der Waals surface area (Å²) in [6.07, 6.45) is 86.5. The largest absolute Gasteiger partial charge is 0.295 e. The summed E-state index contributed by atoms with van der Waals surface area (Å²) < 4.78 is 0. The topological polar surface area (TPSA) is 273 Å². The second-order valence-corrected chi connectivity index (χ2v) is 44.5. The molecule has 24 aliphatic rings. The van der Waals surface area contributed by atoms with E-state index in [4.69, 9.17) is 0 Å². The van der Waals surface area contributed by atoms with E-state index in [2.05, 4.69) is 106 Å². The molecule has 0 saturated heterocycles. The van der Waals surface area contributed by atoms with Crippen LogP contribution >= 0.6 is 0 Å². The van der Waals surface area contributed by atoms with E-state index in [9.17, 15) is 76.7 Å². The zero-order chi connectivity index (χ0) is 99.4. The van der Waals surface area contributed by atoms with Gasteiger partial charge < -0.3 is 0 Å². The molecular weight excluding hydrogens is 1750 g/mol. The summed E-state index contributed by atoms with van der Waals surface area (Å²) in [6.45, 7) is 23.6. The first kappa shape index (κ1) is 100. The lowest BCUT2D eigenvalue weighted by molar-refractivity contribution is -0.133. The first-order valence-electron chi connectivity index (χ1n) is 51.9. The van der Waals surface area contributed by atoms with Crippen molar-refractivity contribution in [1.82, 2.24) is 0 Å². The van der Waals surface area contributed by atoms with Crippen LogP contribution in [0.3, 0.4) is 0 Å². The van der Waals surface area contributed by atoms with E-state index in [-0.39, 0.29) is 282 Å². The lowest BCUT2D eigenvalue weighted by Gasteiger charge is -2.44. The molecular formula is C124H136O16. The Bertz CT molecular complexity index is 5780. The van der Waals surface area contributed by atoms with Crippen LogP contribution < -0.4 is 0 Å². The standard InChI is InChI=1S/2C17H20O2.2C16H18O2.2C15H16O2.2C14H14O2/c1-9-5-7-14(18)15-13(9)8-11(3)12-6-4-10(2)17(19)16(12)15;1-9-4-6-12-8-11(3)13-7-5-10(2)17(19)15(13)14(12)16(9)18;1-9-3-5-11-7-8-12-6-4-10(2)16(18)14(12)13(11)15(9)17;1-9-5-11-3-4-12-6-10(2)8-14(18)16(12)15(11)13(17)7-9;1-9-7-11-6-5-10-3-2-4-12(16)14(10)15(11)13(17)8-9;1-9-5-6-11-8-7-10-3-2-4-12(16)13(10)14(11)15(9)17;2*15-11-5-1-3-9-7-8-10-4-2-6-12(16)14(10)13(9)11/h4-5,7-9,12-13,15-16H,6H2,1-3H3;4-5,8,12-15H,6-7H2,1-3H3;3-4,7-8,11-14H,5-6H2,1-2H3;3-4,7-8,11-12,15-16H,5-6H2,1-2H3;2,4-6,8,10-11,14-15H,3,7H2,1H3;2,4-5,7-8,10-11,13-14H,3,6H2,1H3;2*1-2,5-10,13-14H,3-4H2/t9-,12-,13+,15-,16+;12-,13-,14+,15+;11-,12-,13+,14+;11-,12-,15+,16+;10-,11+,14-,15-;10-,11-,13-,14+;9-,10-,13-,14+;9-,10-,13-,14-/m10001000/s1. The summed E-state index contributed by atoms with van der Waals surface area (Å²) in [5, 5.41) is 0. The van der Waals surface area contributed by atoms with Crippen molar-refractivity contribution in [1.29, 1.82) is 0 Å². The molecule has 0 aromatic rings. The summed E-state index contributed by atoms with van der Waals surface area (Å²) in [5.41, 5.74) is 11.0. The lowest BCUT2D eigenvalue weighted by atomic mass is 9.57. The van der Waals surface area contributed by atoms with Crippen molar-refractivity contribution in [2.75, 3.05) is 0 Å². The zero-order valence-electron chi connectivity index (χ0n) is 83.1. The van der Waals surface area contributed by atoms with Gasteiger partial charge >= 0.3 is 0 Å². The second kappa shape index (κ2) is 42.0. The maximum Gasteiger partial charge on any atom is 0.162 e. The quantitative estimate of drug-likeness (QED) is 0.204. The molecule has 0 aromatic heterocycles. The predicted octanol–water partition coefficient (Wildman–Crippen LogP) is 21.2. The Hall–Kier alpha value is -11.5. The second-order valence-electron chi connectivity index (χ2n) is 44.5. The van der Waals surface area contributed by atoms with Crippen LogP contribution in [0.1, 0.15) is 179 Å². The number of rotatable bonds is 0. The first-order valence-corrected chi connectivity index (χ1v) is 51.9. The van der Waals surface area contributed by atoms with Gasteiger partial charge in [-0.05, 0) is 367 Å². The highest BCUT2D eigenvalue weighted by Crippen LogP contribution is 2.55. The summed E-state index contributed by atoms with van der Waals surface area (Å²) in [4.78, 5) is 195. The molecule has 16 heteroatoms. The van der Waals surface area contributed by atoms with E-state index in [0.717, 1.165) is 146 Å². The van der Waals surface area contributed by atoms with Crippen molar-refractivity contribution in [3.63, 3.8) is 0 Å². The Kier molecular flexibility index (Phi) is 30.0. The van der Waals surface area contributed by atoms with Gasteiger partial charge in [0.2, 0.25) is 0 Å². The lowest BCUT2D eigenvalue weighted by Crippen LogP contribution is -2.46. The van der Waals surface area contributed by atoms with Crippen molar-refractivity contribution in [2.45, 2.75) is 179 Å². The van der Waals surface area contributed by atoms with Crippen molar-refractivity contribution < 1.29 is 76.7 Å². The van der Waals surface area contributed by atoms with Gasteiger partial charge in [-0.1, -0.05) is 199 Å². The molecule has 0 spiro atoms. The Labute approximate surface area is 825 Å². The molecule has 0 radical (unpaired) electrons. The molecule has 16 nitrogen and oxygen atoms in total. The van der Waals surface area contributed by atoms with Crippen LogP contribution in [0.4, 0.5) is 0 Å². The third-order valence-corrected chi connectivity index (χ3v) is 35.8. The number of fused-ring (bicyclic) bond motifs is 24. The molecule has 24 rings (SSSR count). The number of allylic oxidation sites excluding steroid dienone is 48. The maximum atomic E-state index is 12.5. The van der Waals surface area contributed by atoms with Gasteiger partial charge in [0.15, 0.2) is 92.5 Å². The average molecular weight is 1880 g/mol. The molecule has 0 amide bonds. The summed E-state index contributed by atoms with van der Waals surface area (Å²) >= 11 is 0. The molecule has 0 saturated carbocycles. The van der Waals surface area contributed by atoms with E-state index in [1.807, 2.05) is 141 Å². The molecule has 33 atom stereocenters. The highest BCUT2D eigenvalue weighted by molar-refractivity contribution is 6.10. The van der Waals surface area contributed by atoms with Gasteiger partial charge in [-0.25, -0.2) is 0 Å². The monoisotopic (exact) mass is 1880 g/mol. The zero-order valence-corrected chi connectivity index (χ0v) is 83.1. The minimum Gasteiger partial charge on any atom is -0.295 e. The summed E-state index contributed by atoms with van der Waals surface area (Å²) in [5.74, 6) is 4.97. The van der Waals surface area contributed by atoms with Gasteiger partial charge in [-0.15, -0.1) is 0 Å². The normalized spacial score (nSPS) is 39.7. The molecule has 728 valence electrons. The van der Waals surface area contributed by atoms with Gasteiger partial charge in [0.25, 0.3) is 0 Å². The van der Waals surface area contributed by atoms with Crippen LogP contribution in [0.25, 0.3) is 0 Å². The predicted molar refractivity (Wildman–Crippen MR) is 540 cm³/mol. The minimum absolute atomic E-state index is 0.0996. The average Bonchev–Trinajstić information content (AvgIpc) is 0.732. The number of hydrogen-bond acceptors (Lipinski definition) is 16. The van der Waals surface area contributed by atoms with Gasteiger partial charge in [-0.2, -0.15) is 0 Å². The Morgan fingerprint density at radius 2 is 0.400 bits per heavy atom. The molecule has 0 bridgehead atoms. The summed E-state index contributed by atoms with van der Waals surface area (Å²) in [6, 6.07) is 0. The van der Waals surface area contributed by atoms with Crippen LogP contribution in [0, 0.1) is 195 Å². The number of carbonyl (C=O) groups is 16. The molecule has 24 aliphatic carbocycles.